The van der Waals surface area contributed by atoms with Crippen molar-refractivity contribution in [1.82, 2.24) is 0 Å². The Morgan fingerprint density at radius 2 is 1.53 bits per heavy atom. The lowest BCUT2D eigenvalue weighted by Gasteiger charge is -2.44. The molecule has 0 amide bonds. The van der Waals surface area contributed by atoms with Crippen LogP contribution in [0.4, 0.5) is 22.0 Å². The Kier molecular flexibility index (Phi) is 9.66. The van der Waals surface area contributed by atoms with E-state index in [4.69, 9.17) is 14.2 Å². The number of unbranched alkanes of at least 4 members (excludes halogenated alkanes) is 2. The maximum Gasteiger partial charge on any atom is 0.453 e. The largest absolute Gasteiger partial charge is 0.508 e. The van der Waals surface area contributed by atoms with Gasteiger partial charge in [0.25, 0.3) is 0 Å². The van der Waals surface area contributed by atoms with Crippen LogP contribution in [-0.4, -0.2) is 55.8 Å². The predicted octanol–water partition coefficient (Wildman–Crippen LogP) is 7.60. The molecule has 1 saturated heterocycles. The van der Waals surface area contributed by atoms with Crippen LogP contribution in [0.15, 0.2) is 48.5 Å². The third-order valence-electron chi connectivity index (χ3n) is 10.3. The second-order valence-corrected chi connectivity index (χ2v) is 15.8. The first-order chi connectivity index (χ1) is 21.9. The number of epoxide rings is 1. The topological polar surface area (TPSA) is 102 Å². The number of esters is 1. The molecule has 47 heavy (non-hydrogen) atoms. The summed E-state index contributed by atoms with van der Waals surface area (Å²) in [5.74, 6) is -5.14. The van der Waals surface area contributed by atoms with Crippen LogP contribution >= 0.6 is 0 Å². The van der Waals surface area contributed by atoms with E-state index in [1.165, 1.54) is 6.92 Å². The summed E-state index contributed by atoms with van der Waals surface area (Å²) >= 11 is 0. The minimum Gasteiger partial charge on any atom is -0.508 e. The first-order valence-electron chi connectivity index (χ1n) is 16.0. The molecule has 2 saturated carbocycles. The maximum atomic E-state index is 13.0. The SMILES string of the molecule is CC(=O)OC1CCC2C[C@]3(c4ccc(O)cc4)O[C@]3(c3ccc(OCCCCCS(=O)(=O)CCCC(F)(F)C(F)(F)F)cc3)C[C@@]21C. The van der Waals surface area contributed by atoms with Gasteiger partial charge in [-0.25, -0.2) is 8.42 Å². The number of phenolic OH excluding ortho intramolecular Hbond substituents is 1. The van der Waals surface area contributed by atoms with E-state index in [1.807, 2.05) is 36.4 Å². The molecule has 1 aliphatic heterocycles. The second kappa shape index (κ2) is 12.8. The number of phenols is 1. The molecule has 260 valence electrons. The highest BCUT2D eigenvalue weighted by atomic mass is 32.2. The molecule has 13 heteroatoms. The van der Waals surface area contributed by atoms with E-state index in [-0.39, 0.29) is 41.3 Å². The van der Waals surface area contributed by atoms with Crippen molar-refractivity contribution >= 4 is 15.8 Å². The molecule has 1 N–H and O–H groups in total. The summed E-state index contributed by atoms with van der Waals surface area (Å²) < 4.78 is 105. The van der Waals surface area contributed by atoms with E-state index in [2.05, 4.69) is 6.92 Å². The Bertz CT molecular complexity index is 1530. The molecule has 1 heterocycles. The summed E-state index contributed by atoms with van der Waals surface area (Å²) in [6.45, 7) is 3.92. The number of ether oxygens (including phenoxy) is 3. The Morgan fingerprint density at radius 3 is 2.17 bits per heavy atom. The van der Waals surface area contributed by atoms with Gasteiger partial charge in [-0.3, -0.25) is 4.79 Å². The zero-order chi connectivity index (χ0) is 34.3. The zero-order valence-electron chi connectivity index (χ0n) is 26.5. The molecule has 3 aliphatic rings. The maximum absolute atomic E-state index is 13.0. The lowest BCUT2D eigenvalue weighted by molar-refractivity contribution is -0.284. The van der Waals surface area contributed by atoms with Gasteiger partial charge in [0.1, 0.15) is 38.6 Å². The summed E-state index contributed by atoms with van der Waals surface area (Å²) in [6.07, 6.45) is -3.85. The van der Waals surface area contributed by atoms with Gasteiger partial charge in [0.2, 0.25) is 0 Å². The molecule has 2 unspecified atom stereocenters. The lowest BCUT2D eigenvalue weighted by Crippen LogP contribution is -2.45. The van der Waals surface area contributed by atoms with Gasteiger partial charge in [-0.05, 0) is 92.7 Å². The van der Waals surface area contributed by atoms with E-state index in [1.54, 1.807) is 12.1 Å². The monoisotopic (exact) mass is 688 g/mol. The third kappa shape index (κ3) is 7.11. The molecule has 5 rings (SSSR count). The van der Waals surface area contributed by atoms with Gasteiger partial charge in [0.05, 0.1) is 18.1 Å². The van der Waals surface area contributed by atoms with Crippen molar-refractivity contribution in [2.75, 3.05) is 18.1 Å². The number of sulfone groups is 1. The number of hydrogen-bond acceptors (Lipinski definition) is 7. The Balaban J connectivity index is 1.16. The van der Waals surface area contributed by atoms with E-state index in [0.717, 1.165) is 30.4 Å². The van der Waals surface area contributed by atoms with Crippen LogP contribution in [0.3, 0.4) is 0 Å². The number of hydrogen-bond donors (Lipinski definition) is 1. The Labute approximate surface area is 271 Å². The molecule has 2 aromatic rings. The average molecular weight is 689 g/mol. The van der Waals surface area contributed by atoms with Gasteiger partial charge in [-0.2, -0.15) is 22.0 Å². The molecule has 0 spiro atoms. The highest BCUT2D eigenvalue weighted by molar-refractivity contribution is 7.91. The van der Waals surface area contributed by atoms with Crippen LogP contribution in [0.25, 0.3) is 0 Å². The zero-order valence-corrected chi connectivity index (χ0v) is 27.3. The van der Waals surface area contributed by atoms with Crippen LogP contribution < -0.4 is 4.74 Å². The van der Waals surface area contributed by atoms with Crippen molar-refractivity contribution in [2.45, 2.75) is 101 Å². The van der Waals surface area contributed by atoms with E-state index in [0.29, 0.717) is 31.6 Å². The van der Waals surface area contributed by atoms with Gasteiger partial charge < -0.3 is 19.3 Å². The van der Waals surface area contributed by atoms with Crippen LogP contribution in [0.5, 0.6) is 11.5 Å². The Hall–Kier alpha value is -2.93. The fourth-order valence-corrected chi connectivity index (χ4v) is 9.14. The summed E-state index contributed by atoms with van der Waals surface area (Å²) in [6, 6.07) is 14.7. The highest BCUT2D eigenvalue weighted by Gasteiger charge is 2.78. The number of alkyl halides is 5. The van der Waals surface area contributed by atoms with Crippen LogP contribution in [-0.2, 0) is 35.3 Å². The van der Waals surface area contributed by atoms with E-state index >= 15 is 0 Å². The van der Waals surface area contributed by atoms with Crippen molar-refractivity contribution < 1.29 is 54.5 Å². The van der Waals surface area contributed by atoms with Crippen molar-refractivity contribution in [1.29, 1.82) is 0 Å². The van der Waals surface area contributed by atoms with Crippen molar-refractivity contribution in [3.8, 4) is 11.5 Å². The Morgan fingerprint density at radius 1 is 0.915 bits per heavy atom. The predicted molar refractivity (Wildman–Crippen MR) is 163 cm³/mol. The smallest absolute Gasteiger partial charge is 0.453 e. The summed E-state index contributed by atoms with van der Waals surface area (Å²) in [7, 11) is -3.74. The highest BCUT2D eigenvalue weighted by Crippen LogP contribution is 2.76. The molecule has 5 atom stereocenters. The molecule has 0 aromatic heterocycles. The standard InChI is InChI=1S/C34H41F5O7S/c1-23(40)45-29-16-11-26-21-31(24-7-12-27(41)13-8-24)32(46-31,22-30(26,29)2)25-9-14-28(15-10-25)44-18-4-3-5-19-47(42,43)20-6-17-33(35,36)34(37,38)39/h7-10,12-15,26,29,41H,3-6,11,16-22H2,1-2H3/t26?,29?,30-,31+,32-/m0/s1. The molecule has 7 nitrogen and oxygen atoms in total. The van der Waals surface area contributed by atoms with Crippen LogP contribution in [0, 0.1) is 11.3 Å². The number of aromatic hydroxyl groups is 1. The molecule has 2 aromatic carbocycles. The summed E-state index contributed by atoms with van der Waals surface area (Å²) in [5, 5.41) is 9.92. The van der Waals surface area contributed by atoms with Crippen molar-refractivity contribution in [2.24, 2.45) is 11.3 Å². The minimum absolute atomic E-state index is 0.170. The molecule has 0 radical (unpaired) electrons. The fourth-order valence-electron chi connectivity index (χ4n) is 7.71. The number of halogens is 5. The quantitative estimate of drug-likeness (QED) is 0.0944. The van der Waals surface area contributed by atoms with Crippen LogP contribution in [0.2, 0.25) is 0 Å². The third-order valence-corrected chi connectivity index (χ3v) is 12.1. The molecular weight excluding hydrogens is 647 g/mol. The second-order valence-electron chi connectivity index (χ2n) is 13.5. The summed E-state index contributed by atoms with van der Waals surface area (Å²) in [5.41, 5.74) is 0.418. The molecule has 3 fully saturated rings. The van der Waals surface area contributed by atoms with Gasteiger partial charge in [-0.15, -0.1) is 0 Å². The van der Waals surface area contributed by atoms with E-state index in [9.17, 15) is 40.3 Å². The fraction of sp³-hybridized carbons (Fsp3) is 0.618. The van der Waals surface area contributed by atoms with Gasteiger partial charge in [-0.1, -0.05) is 31.2 Å². The normalized spacial score (nSPS) is 28.7. The van der Waals surface area contributed by atoms with Crippen molar-refractivity contribution in [3.05, 3.63) is 59.7 Å². The van der Waals surface area contributed by atoms with E-state index < -0.39 is 51.7 Å². The average Bonchev–Trinajstić information content (AvgIpc) is 3.55. The summed E-state index contributed by atoms with van der Waals surface area (Å²) in [4.78, 5) is 11.9. The first kappa shape index (κ1) is 35.4. The number of carbonyl (C=O) groups excluding carboxylic acids is 1. The van der Waals surface area contributed by atoms with Gasteiger partial charge >= 0.3 is 18.1 Å². The van der Waals surface area contributed by atoms with Gasteiger partial charge in [0, 0.05) is 18.8 Å². The lowest BCUT2D eigenvalue weighted by atomic mass is 9.58. The molecule has 2 aliphatic carbocycles. The van der Waals surface area contributed by atoms with Crippen LogP contribution in [0.1, 0.15) is 82.8 Å². The number of rotatable bonds is 14. The number of fused-ring (bicyclic) bond motifs is 2. The molecular formula is C34H41F5O7S. The first-order valence-corrected chi connectivity index (χ1v) is 17.8. The van der Waals surface area contributed by atoms with Gasteiger partial charge in [0.15, 0.2) is 0 Å². The van der Waals surface area contributed by atoms with Crippen molar-refractivity contribution in [3.63, 3.8) is 0 Å². The number of benzene rings is 2. The minimum atomic E-state index is -5.69. The number of carbonyl (C=O) groups is 1. The molecule has 0 bridgehead atoms.